The molecule has 0 spiro atoms. The van der Waals surface area contributed by atoms with Gasteiger partial charge in [-0.25, -0.2) is 9.37 Å². The molecule has 0 amide bonds. The maximum atomic E-state index is 12.8. The zero-order chi connectivity index (χ0) is 12.3. The van der Waals surface area contributed by atoms with Gasteiger partial charge in [0.25, 0.3) is 0 Å². The number of nitrogens with zero attached hydrogens (tertiary/aromatic N) is 2. The average molecular weight is 235 g/mol. The third-order valence-electron chi connectivity index (χ3n) is 2.03. The van der Waals surface area contributed by atoms with Crippen molar-refractivity contribution in [2.75, 3.05) is 5.73 Å². The molecule has 0 saturated carbocycles. The number of rotatable bonds is 3. The van der Waals surface area contributed by atoms with E-state index in [1.165, 1.54) is 0 Å². The molecule has 1 aromatic carbocycles. The summed E-state index contributed by atoms with van der Waals surface area (Å²) in [5, 5.41) is 9.23. The van der Waals surface area contributed by atoms with E-state index in [0.717, 1.165) is 11.8 Å². The first-order valence-corrected chi connectivity index (χ1v) is 4.84. The lowest BCUT2D eigenvalue weighted by molar-refractivity contribution is 0.279. The van der Waals surface area contributed by atoms with Crippen LogP contribution in [0.3, 0.4) is 0 Å². The summed E-state index contributed by atoms with van der Waals surface area (Å²) in [6.07, 6.45) is 0.945. The first-order chi connectivity index (χ1) is 8.15. The van der Waals surface area contributed by atoms with Crippen LogP contribution in [0, 0.1) is 5.82 Å². The van der Waals surface area contributed by atoms with Gasteiger partial charge in [-0.3, -0.25) is 0 Å². The van der Waals surface area contributed by atoms with Crippen LogP contribution in [-0.2, 0) is 6.61 Å². The molecule has 0 aliphatic rings. The fraction of sp³-hybridized carbons (Fsp3) is 0.0909. The Balaban J connectivity index is 2.05. The third kappa shape index (κ3) is 2.81. The molecule has 5 nitrogen and oxygen atoms in total. The second kappa shape index (κ2) is 4.65. The number of hydrogen-bond donors (Lipinski definition) is 2. The van der Waals surface area contributed by atoms with E-state index >= 15 is 0 Å². The largest absolute Gasteiger partial charge is 0.508 e. The van der Waals surface area contributed by atoms with Crippen molar-refractivity contribution in [3.8, 4) is 11.8 Å². The summed E-state index contributed by atoms with van der Waals surface area (Å²) >= 11 is 0. The smallest absolute Gasteiger partial charge is 0.318 e. The third-order valence-corrected chi connectivity index (χ3v) is 2.03. The van der Waals surface area contributed by atoms with Gasteiger partial charge in [0.05, 0.1) is 6.20 Å². The van der Waals surface area contributed by atoms with Crippen molar-refractivity contribution >= 4 is 5.82 Å². The summed E-state index contributed by atoms with van der Waals surface area (Å²) in [6, 6.07) is 6.55. The molecule has 88 valence electrons. The number of nitrogens with two attached hydrogens (primary N) is 1. The summed E-state index contributed by atoms with van der Waals surface area (Å²) in [4.78, 5) is 7.24. The van der Waals surface area contributed by atoms with Gasteiger partial charge in [-0.1, -0.05) is 12.1 Å². The quantitative estimate of drug-likeness (QED) is 0.842. The predicted octanol–water partition coefficient (Wildman–Crippen LogP) is 1.48. The molecule has 2 aromatic rings. The maximum Gasteiger partial charge on any atom is 0.318 e. The lowest BCUT2D eigenvalue weighted by Crippen LogP contribution is -2.03. The summed E-state index contributed by atoms with van der Waals surface area (Å²) in [7, 11) is 0. The van der Waals surface area contributed by atoms with Gasteiger partial charge >= 0.3 is 6.01 Å². The monoisotopic (exact) mass is 235 g/mol. The normalized spacial score (nSPS) is 10.2. The van der Waals surface area contributed by atoms with Crippen molar-refractivity contribution in [1.29, 1.82) is 0 Å². The highest BCUT2D eigenvalue weighted by Gasteiger charge is 2.04. The number of ether oxygens (including phenoxy) is 1. The Morgan fingerprint density at radius 3 is 2.94 bits per heavy atom. The first-order valence-electron chi connectivity index (χ1n) is 4.84. The van der Waals surface area contributed by atoms with Gasteiger partial charge in [-0.15, -0.1) is 0 Å². The van der Waals surface area contributed by atoms with Gasteiger partial charge in [-0.2, -0.15) is 4.98 Å². The topological polar surface area (TPSA) is 81.3 Å². The second-order valence-electron chi connectivity index (χ2n) is 3.34. The molecule has 0 aliphatic heterocycles. The van der Waals surface area contributed by atoms with Crippen molar-refractivity contribution in [3.05, 3.63) is 41.8 Å². The first kappa shape index (κ1) is 11.1. The zero-order valence-corrected chi connectivity index (χ0v) is 8.80. The summed E-state index contributed by atoms with van der Waals surface area (Å²) < 4.78 is 18.0. The Labute approximate surface area is 96.7 Å². The van der Waals surface area contributed by atoms with E-state index in [2.05, 4.69) is 9.97 Å². The minimum atomic E-state index is -0.685. The molecule has 0 atom stereocenters. The number of aromatic hydroxyl groups is 1. The highest BCUT2D eigenvalue weighted by molar-refractivity contribution is 5.29. The Hall–Kier alpha value is -2.37. The van der Waals surface area contributed by atoms with Gasteiger partial charge in [0.1, 0.15) is 12.4 Å². The lowest BCUT2D eigenvalue weighted by atomic mass is 10.2. The van der Waals surface area contributed by atoms with Crippen molar-refractivity contribution in [2.24, 2.45) is 0 Å². The number of hydrogen-bond acceptors (Lipinski definition) is 5. The van der Waals surface area contributed by atoms with Gasteiger partial charge in [-0.05, 0) is 17.7 Å². The van der Waals surface area contributed by atoms with Crippen molar-refractivity contribution in [2.45, 2.75) is 6.61 Å². The van der Waals surface area contributed by atoms with E-state index in [9.17, 15) is 9.50 Å². The van der Waals surface area contributed by atoms with E-state index in [1.54, 1.807) is 24.3 Å². The SMILES string of the molecule is Nc1nc(OCc2cccc(O)c2)ncc1F. The molecule has 3 N–H and O–H groups in total. The highest BCUT2D eigenvalue weighted by atomic mass is 19.1. The predicted molar refractivity (Wildman–Crippen MR) is 58.8 cm³/mol. The fourth-order valence-electron chi connectivity index (χ4n) is 1.23. The number of anilines is 1. The van der Waals surface area contributed by atoms with Crippen LogP contribution < -0.4 is 10.5 Å². The number of halogens is 1. The van der Waals surface area contributed by atoms with Crippen LogP contribution in [0.5, 0.6) is 11.8 Å². The van der Waals surface area contributed by atoms with E-state index in [4.69, 9.17) is 10.5 Å². The molecule has 0 unspecified atom stereocenters. The van der Waals surface area contributed by atoms with Crippen LogP contribution in [-0.4, -0.2) is 15.1 Å². The van der Waals surface area contributed by atoms with Gasteiger partial charge < -0.3 is 15.6 Å². The van der Waals surface area contributed by atoms with Crippen LogP contribution in [0.25, 0.3) is 0 Å². The molecule has 17 heavy (non-hydrogen) atoms. The summed E-state index contributed by atoms with van der Waals surface area (Å²) in [5.41, 5.74) is 6.01. The maximum absolute atomic E-state index is 12.8. The number of benzene rings is 1. The zero-order valence-electron chi connectivity index (χ0n) is 8.80. The van der Waals surface area contributed by atoms with Gasteiger partial charge in [0, 0.05) is 0 Å². The molecule has 0 fully saturated rings. The highest BCUT2D eigenvalue weighted by Crippen LogP contribution is 2.14. The number of aromatic nitrogens is 2. The molecule has 0 saturated heterocycles. The minimum absolute atomic E-state index is 0.00718. The Morgan fingerprint density at radius 2 is 2.24 bits per heavy atom. The van der Waals surface area contributed by atoms with E-state index in [0.29, 0.717) is 0 Å². The van der Waals surface area contributed by atoms with Crippen molar-refractivity contribution in [1.82, 2.24) is 9.97 Å². The average Bonchev–Trinajstić information content (AvgIpc) is 2.31. The molecule has 1 aromatic heterocycles. The standard InChI is InChI=1S/C11H10FN3O2/c12-9-5-14-11(15-10(9)13)17-6-7-2-1-3-8(16)4-7/h1-5,16H,6H2,(H2,13,14,15). The molecule has 0 radical (unpaired) electrons. The van der Waals surface area contributed by atoms with E-state index < -0.39 is 5.82 Å². The molecule has 0 bridgehead atoms. The fourth-order valence-corrected chi connectivity index (χ4v) is 1.23. The Morgan fingerprint density at radius 1 is 1.41 bits per heavy atom. The summed E-state index contributed by atoms with van der Waals surface area (Å²) in [5.74, 6) is -0.800. The Bertz CT molecular complexity index is 534. The molecule has 6 heteroatoms. The number of phenols is 1. The van der Waals surface area contributed by atoms with Crippen LogP contribution in [0.2, 0.25) is 0 Å². The minimum Gasteiger partial charge on any atom is -0.508 e. The molecule has 0 aliphatic carbocycles. The molecule has 2 rings (SSSR count). The van der Waals surface area contributed by atoms with Crippen molar-refractivity contribution in [3.63, 3.8) is 0 Å². The van der Waals surface area contributed by atoms with E-state index in [-0.39, 0.29) is 24.2 Å². The van der Waals surface area contributed by atoms with E-state index in [1.807, 2.05) is 0 Å². The van der Waals surface area contributed by atoms with Crippen LogP contribution in [0.4, 0.5) is 10.2 Å². The van der Waals surface area contributed by atoms with Gasteiger partial charge in [0.15, 0.2) is 11.6 Å². The summed E-state index contributed by atoms with van der Waals surface area (Å²) in [6.45, 7) is 0.166. The van der Waals surface area contributed by atoms with Crippen LogP contribution in [0.15, 0.2) is 30.5 Å². The van der Waals surface area contributed by atoms with Crippen LogP contribution in [0.1, 0.15) is 5.56 Å². The number of phenolic OH excluding ortho intramolecular Hbond substituents is 1. The second-order valence-corrected chi connectivity index (χ2v) is 3.34. The van der Waals surface area contributed by atoms with Crippen LogP contribution >= 0.6 is 0 Å². The lowest BCUT2D eigenvalue weighted by Gasteiger charge is -2.05. The van der Waals surface area contributed by atoms with Crippen molar-refractivity contribution < 1.29 is 14.2 Å². The molecule has 1 heterocycles. The molecular formula is C11H10FN3O2. The number of nitrogen functional groups attached to an aromatic ring is 1. The molecular weight excluding hydrogens is 225 g/mol. The Kier molecular flexibility index (Phi) is 3.04. The van der Waals surface area contributed by atoms with Gasteiger partial charge in [0.2, 0.25) is 0 Å².